The highest BCUT2D eigenvalue weighted by Crippen LogP contribution is 2.40. The molecule has 3 heterocycles. The zero-order valence-electron chi connectivity index (χ0n) is 18.0. The number of fused-ring (bicyclic) bond motifs is 2. The lowest BCUT2D eigenvalue weighted by molar-refractivity contribution is -0.192. The molecule has 0 aliphatic carbocycles. The van der Waals surface area contributed by atoms with Crippen LogP contribution >= 0.6 is 0 Å². The number of aliphatic carboxylic acids is 1. The molecule has 1 aliphatic heterocycles. The van der Waals surface area contributed by atoms with Gasteiger partial charge in [-0.2, -0.15) is 13.2 Å². The number of nitrogens with zero attached hydrogens (tertiary/aromatic N) is 2. The molecule has 176 valence electrons. The average molecular weight is 469 g/mol. The number of hydrogen-bond acceptors (Lipinski definition) is 5. The van der Waals surface area contributed by atoms with Crippen LogP contribution < -0.4 is 10.1 Å². The number of ether oxygens (including phenoxy) is 1. The summed E-state index contributed by atoms with van der Waals surface area (Å²) in [6.45, 7) is 2.02. The van der Waals surface area contributed by atoms with E-state index < -0.39 is 12.1 Å². The largest absolute Gasteiger partial charge is 0.490 e. The number of halogens is 3. The van der Waals surface area contributed by atoms with E-state index >= 15 is 0 Å². The molecule has 4 aromatic rings. The lowest BCUT2D eigenvalue weighted by Crippen LogP contribution is -2.34. The molecule has 0 radical (unpaired) electrons. The second kappa shape index (κ2) is 10.0. The molecule has 34 heavy (non-hydrogen) atoms. The Labute approximate surface area is 193 Å². The monoisotopic (exact) mass is 469 g/mol. The first kappa shape index (κ1) is 23.4. The summed E-state index contributed by atoms with van der Waals surface area (Å²) in [5.74, 6) is -1.82. The molecule has 0 atom stereocenters. The van der Waals surface area contributed by atoms with E-state index in [0.717, 1.165) is 64.5 Å². The molecule has 1 aliphatic rings. The second-order valence-corrected chi connectivity index (χ2v) is 7.78. The van der Waals surface area contributed by atoms with Gasteiger partial charge >= 0.3 is 12.1 Å². The van der Waals surface area contributed by atoms with Crippen LogP contribution in [0.1, 0.15) is 12.8 Å². The zero-order valence-corrected chi connectivity index (χ0v) is 18.0. The maximum Gasteiger partial charge on any atom is 0.490 e. The van der Waals surface area contributed by atoms with Crippen molar-refractivity contribution in [3.8, 4) is 16.9 Å². The predicted octanol–water partition coefficient (Wildman–Crippen LogP) is 5.21. The summed E-state index contributed by atoms with van der Waals surface area (Å²) < 4.78 is 38.3. The fourth-order valence-corrected chi connectivity index (χ4v) is 3.94. The summed E-state index contributed by atoms with van der Waals surface area (Å²) in [5.41, 5.74) is 3.28. The summed E-state index contributed by atoms with van der Waals surface area (Å²) in [6.07, 6.45) is 2.83. The van der Waals surface area contributed by atoms with Crippen LogP contribution in [0.2, 0.25) is 0 Å². The maximum absolute atomic E-state index is 10.6. The molecule has 0 spiro atoms. The Bertz CT molecular complexity index is 1300. The van der Waals surface area contributed by atoms with Crippen molar-refractivity contribution in [2.45, 2.75) is 25.1 Å². The van der Waals surface area contributed by atoms with Gasteiger partial charge in [-0.3, -0.25) is 9.97 Å². The van der Waals surface area contributed by atoms with Gasteiger partial charge in [-0.05, 0) is 67.2 Å². The van der Waals surface area contributed by atoms with Gasteiger partial charge in [-0.1, -0.05) is 18.2 Å². The summed E-state index contributed by atoms with van der Waals surface area (Å²) in [5, 5.41) is 13.9. The van der Waals surface area contributed by atoms with Gasteiger partial charge in [0.2, 0.25) is 0 Å². The van der Waals surface area contributed by atoms with E-state index in [1.807, 2.05) is 24.7 Å². The average Bonchev–Trinajstić information content (AvgIpc) is 2.84. The molecule has 0 bridgehead atoms. The Kier molecular flexibility index (Phi) is 6.93. The molecule has 6 nitrogen and oxygen atoms in total. The number of carboxylic acid groups (broad SMARTS) is 1. The molecule has 2 aromatic carbocycles. The lowest BCUT2D eigenvalue weighted by atomic mass is 9.95. The summed E-state index contributed by atoms with van der Waals surface area (Å²) in [4.78, 5) is 17.7. The van der Waals surface area contributed by atoms with Crippen LogP contribution in [0.15, 0.2) is 67.1 Å². The van der Waals surface area contributed by atoms with E-state index in [1.165, 1.54) is 0 Å². The molecular formula is C25H22F3N3O3. The Morgan fingerprint density at radius 2 is 1.76 bits per heavy atom. The van der Waals surface area contributed by atoms with Crippen LogP contribution in [0.5, 0.6) is 5.75 Å². The minimum absolute atomic E-state index is 0.248. The zero-order chi connectivity index (χ0) is 24.1. The van der Waals surface area contributed by atoms with Crippen LogP contribution in [0, 0.1) is 0 Å². The maximum atomic E-state index is 10.6. The fraction of sp³-hybridized carbons (Fsp3) is 0.240. The van der Waals surface area contributed by atoms with E-state index in [9.17, 15) is 13.2 Å². The predicted molar refractivity (Wildman–Crippen MR) is 123 cm³/mol. The van der Waals surface area contributed by atoms with Crippen LogP contribution in [0.3, 0.4) is 0 Å². The van der Waals surface area contributed by atoms with Gasteiger partial charge in [0.05, 0.1) is 5.52 Å². The van der Waals surface area contributed by atoms with Crippen molar-refractivity contribution >= 4 is 27.6 Å². The number of carboxylic acids is 1. The summed E-state index contributed by atoms with van der Waals surface area (Å²) in [6, 6.07) is 16.7. The Balaban J connectivity index is 0.000000344. The third kappa shape index (κ3) is 5.26. The highest BCUT2D eigenvalue weighted by Gasteiger charge is 2.38. The van der Waals surface area contributed by atoms with Gasteiger partial charge in [0.15, 0.2) is 0 Å². The topological polar surface area (TPSA) is 84.3 Å². The molecule has 9 heteroatoms. The first-order valence-corrected chi connectivity index (χ1v) is 10.7. The van der Waals surface area contributed by atoms with E-state index in [2.05, 4.69) is 57.7 Å². The number of nitrogens with one attached hydrogen (secondary N) is 1. The number of piperidine rings is 1. The van der Waals surface area contributed by atoms with E-state index in [0.29, 0.717) is 0 Å². The normalized spacial score (nSPS) is 14.4. The molecular weight excluding hydrogens is 447 g/mol. The Hall–Kier alpha value is -3.72. The van der Waals surface area contributed by atoms with Gasteiger partial charge < -0.3 is 15.2 Å². The first-order chi connectivity index (χ1) is 16.3. The summed E-state index contributed by atoms with van der Waals surface area (Å²) >= 11 is 0. The molecule has 2 N–H and O–H groups in total. The van der Waals surface area contributed by atoms with Crippen LogP contribution in [-0.4, -0.2) is 46.4 Å². The first-order valence-electron chi connectivity index (χ1n) is 10.7. The van der Waals surface area contributed by atoms with Crippen LogP contribution in [-0.2, 0) is 4.79 Å². The quantitative estimate of drug-likeness (QED) is 0.428. The van der Waals surface area contributed by atoms with E-state index in [4.69, 9.17) is 14.6 Å². The third-order valence-electron chi connectivity index (χ3n) is 5.52. The smallest absolute Gasteiger partial charge is 0.490 e. The van der Waals surface area contributed by atoms with Crippen LogP contribution in [0.4, 0.5) is 13.2 Å². The van der Waals surface area contributed by atoms with Crippen molar-refractivity contribution in [1.29, 1.82) is 0 Å². The Morgan fingerprint density at radius 3 is 2.50 bits per heavy atom. The lowest BCUT2D eigenvalue weighted by Gasteiger charge is -2.26. The standard InChI is InChI=1S/C23H21N3O.C2HF3O2/c1-3-20(19-4-2-11-26-21(19)5-1)23-18-10-14-25-15-16(18)6-7-22(23)27-17-8-12-24-13-9-17;3-2(4,5)1(6)7/h1-7,10-11,14-15,17,24H,8-9,12-13H2;(H,6,7). The van der Waals surface area contributed by atoms with Gasteiger partial charge in [0.1, 0.15) is 11.9 Å². The van der Waals surface area contributed by atoms with Gasteiger partial charge in [-0.15, -0.1) is 0 Å². The van der Waals surface area contributed by atoms with Gasteiger partial charge in [-0.25, -0.2) is 4.79 Å². The molecule has 0 amide bonds. The van der Waals surface area contributed by atoms with E-state index in [-0.39, 0.29) is 6.10 Å². The SMILES string of the molecule is O=C(O)C(F)(F)F.c1cc(-c2c(OC3CCNCC3)ccc3cnccc23)c2cccnc2c1. The number of hydrogen-bond donors (Lipinski definition) is 2. The fourth-order valence-electron chi connectivity index (χ4n) is 3.94. The highest BCUT2D eigenvalue weighted by molar-refractivity contribution is 6.06. The van der Waals surface area contributed by atoms with Crippen molar-refractivity contribution in [2.24, 2.45) is 0 Å². The number of aromatic nitrogens is 2. The van der Waals surface area contributed by atoms with Crippen LogP contribution in [0.25, 0.3) is 32.8 Å². The van der Waals surface area contributed by atoms with Crippen molar-refractivity contribution in [3.63, 3.8) is 0 Å². The van der Waals surface area contributed by atoms with Crippen molar-refractivity contribution in [3.05, 3.63) is 67.1 Å². The molecule has 0 unspecified atom stereocenters. The molecule has 1 fully saturated rings. The number of rotatable bonds is 3. The third-order valence-corrected chi connectivity index (χ3v) is 5.52. The molecule has 0 saturated carbocycles. The molecule has 2 aromatic heterocycles. The summed E-state index contributed by atoms with van der Waals surface area (Å²) in [7, 11) is 0. The number of alkyl halides is 3. The van der Waals surface area contributed by atoms with Gasteiger partial charge in [0.25, 0.3) is 0 Å². The van der Waals surface area contributed by atoms with Gasteiger partial charge in [0, 0.05) is 34.9 Å². The number of carbonyl (C=O) groups is 1. The molecule has 1 saturated heterocycles. The van der Waals surface area contributed by atoms with Crippen molar-refractivity contribution in [1.82, 2.24) is 15.3 Å². The second-order valence-electron chi connectivity index (χ2n) is 7.78. The minimum atomic E-state index is -5.08. The highest BCUT2D eigenvalue weighted by atomic mass is 19.4. The van der Waals surface area contributed by atoms with Crippen molar-refractivity contribution in [2.75, 3.05) is 13.1 Å². The van der Waals surface area contributed by atoms with E-state index in [1.54, 1.807) is 0 Å². The number of benzene rings is 2. The van der Waals surface area contributed by atoms with Crippen molar-refractivity contribution < 1.29 is 27.8 Å². The molecule has 5 rings (SSSR count). The Morgan fingerprint density at radius 1 is 1.00 bits per heavy atom. The number of pyridine rings is 2. The minimum Gasteiger partial charge on any atom is -0.490 e.